The lowest BCUT2D eigenvalue weighted by Gasteiger charge is -2.29. The third-order valence-corrected chi connectivity index (χ3v) is 6.75. The van der Waals surface area contributed by atoms with Gasteiger partial charge in [0.25, 0.3) is 11.5 Å². The SMILES string of the molecule is O=C(c1ccc2c(=O)n(Cc3ccc4c(c3)OCO4)c(=S)[nH]c2c1)N1CCc2ccccc2C1. The second-order valence-electron chi connectivity index (χ2n) is 8.51. The molecule has 170 valence electrons. The van der Waals surface area contributed by atoms with Crippen molar-refractivity contribution in [1.29, 1.82) is 0 Å². The summed E-state index contributed by atoms with van der Waals surface area (Å²) in [5.41, 5.74) is 4.22. The molecule has 2 aliphatic heterocycles. The molecule has 2 aliphatic rings. The molecule has 7 nitrogen and oxygen atoms in total. The maximum absolute atomic E-state index is 13.2. The first-order chi connectivity index (χ1) is 16.6. The highest BCUT2D eigenvalue weighted by Crippen LogP contribution is 2.32. The molecule has 0 spiro atoms. The van der Waals surface area contributed by atoms with E-state index in [1.807, 2.05) is 35.2 Å². The van der Waals surface area contributed by atoms with Gasteiger partial charge in [0.05, 0.1) is 17.4 Å². The van der Waals surface area contributed by atoms with Crippen molar-refractivity contribution in [2.75, 3.05) is 13.3 Å². The topological polar surface area (TPSA) is 76.6 Å². The van der Waals surface area contributed by atoms with Gasteiger partial charge in [-0.2, -0.15) is 0 Å². The molecule has 0 radical (unpaired) electrons. The molecule has 34 heavy (non-hydrogen) atoms. The summed E-state index contributed by atoms with van der Waals surface area (Å²) in [5, 5.41) is 0.481. The van der Waals surface area contributed by atoms with Crippen molar-refractivity contribution in [3.63, 3.8) is 0 Å². The monoisotopic (exact) mass is 471 g/mol. The van der Waals surface area contributed by atoms with Gasteiger partial charge >= 0.3 is 0 Å². The van der Waals surface area contributed by atoms with E-state index in [1.54, 1.807) is 18.2 Å². The standard InChI is InChI=1S/C26H21N3O4S/c30-24(28-10-9-17-3-1-2-4-19(17)14-28)18-6-7-20-21(12-18)27-26(34)29(25(20)31)13-16-5-8-22-23(11-16)33-15-32-22/h1-8,11-12H,9-10,13-15H2,(H,27,34). The largest absolute Gasteiger partial charge is 0.454 e. The zero-order chi connectivity index (χ0) is 23.2. The molecular weight excluding hydrogens is 450 g/mol. The fourth-order valence-corrected chi connectivity index (χ4v) is 4.86. The number of nitrogens with zero attached hydrogens (tertiary/aromatic N) is 2. The third-order valence-electron chi connectivity index (χ3n) is 6.42. The van der Waals surface area contributed by atoms with Gasteiger partial charge in [-0.3, -0.25) is 14.2 Å². The van der Waals surface area contributed by atoms with E-state index in [1.165, 1.54) is 15.7 Å². The van der Waals surface area contributed by atoms with Crippen LogP contribution < -0.4 is 15.0 Å². The minimum absolute atomic E-state index is 0.0553. The van der Waals surface area contributed by atoms with E-state index in [9.17, 15) is 9.59 Å². The van der Waals surface area contributed by atoms with E-state index >= 15 is 0 Å². The summed E-state index contributed by atoms with van der Waals surface area (Å²) in [4.78, 5) is 31.4. The molecule has 0 unspecified atom stereocenters. The van der Waals surface area contributed by atoms with Gasteiger partial charge in [-0.25, -0.2) is 0 Å². The van der Waals surface area contributed by atoms with Crippen LogP contribution in [0.5, 0.6) is 11.5 Å². The summed E-state index contributed by atoms with van der Waals surface area (Å²) in [6.45, 7) is 1.75. The summed E-state index contributed by atoms with van der Waals surface area (Å²) in [6, 6.07) is 18.9. The van der Waals surface area contributed by atoms with Crippen molar-refractivity contribution in [3.05, 3.63) is 98.0 Å². The van der Waals surface area contributed by atoms with Crippen molar-refractivity contribution in [2.24, 2.45) is 0 Å². The van der Waals surface area contributed by atoms with Crippen LogP contribution in [0.3, 0.4) is 0 Å². The molecule has 8 heteroatoms. The molecule has 0 fully saturated rings. The number of aromatic amines is 1. The first-order valence-corrected chi connectivity index (χ1v) is 11.5. The number of rotatable bonds is 3. The van der Waals surface area contributed by atoms with Crippen LogP contribution in [-0.4, -0.2) is 33.7 Å². The Kier molecular flexibility index (Phi) is 4.95. The van der Waals surface area contributed by atoms with Crippen LogP contribution in [0.25, 0.3) is 10.9 Å². The Labute approximate surface area is 200 Å². The average Bonchev–Trinajstić information content (AvgIpc) is 3.33. The van der Waals surface area contributed by atoms with Gasteiger partial charge in [-0.1, -0.05) is 30.3 Å². The Morgan fingerprint density at radius 2 is 1.82 bits per heavy atom. The van der Waals surface area contributed by atoms with Crippen LogP contribution in [0.2, 0.25) is 0 Å². The molecule has 1 amide bonds. The maximum Gasteiger partial charge on any atom is 0.262 e. The number of amides is 1. The molecule has 1 N–H and O–H groups in total. The number of benzene rings is 3. The number of nitrogens with one attached hydrogen (secondary N) is 1. The number of H-pyrrole nitrogens is 1. The molecule has 0 aliphatic carbocycles. The molecule has 0 saturated heterocycles. The minimum atomic E-state index is -0.206. The number of hydrogen-bond acceptors (Lipinski definition) is 5. The molecule has 3 aromatic carbocycles. The number of ether oxygens (including phenoxy) is 2. The Morgan fingerprint density at radius 3 is 2.71 bits per heavy atom. The Hall–Kier alpha value is -3.91. The van der Waals surface area contributed by atoms with Crippen LogP contribution in [-0.2, 0) is 19.5 Å². The summed E-state index contributed by atoms with van der Waals surface area (Å²) in [5.74, 6) is 1.29. The Bertz CT molecular complexity index is 1570. The zero-order valence-corrected chi connectivity index (χ0v) is 19.1. The second kappa shape index (κ2) is 8.14. The zero-order valence-electron chi connectivity index (χ0n) is 18.2. The predicted molar refractivity (Wildman–Crippen MR) is 130 cm³/mol. The normalized spacial score (nSPS) is 14.3. The lowest BCUT2D eigenvalue weighted by Crippen LogP contribution is -2.36. The minimum Gasteiger partial charge on any atom is -0.454 e. The van der Waals surface area contributed by atoms with Crippen LogP contribution in [0.1, 0.15) is 27.0 Å². The van der Waals surface area contributed by atoms with E-state index in [2.05, 4.69) is 17.1 Å². The summed E-state index contributed by atoms with van der Waals surface area (Å²) in [7, 11) is 0. The number of fused-ring (bicyclic) bond motifs is 3. The van der Waals surface area contributed by atoms with Crippen molar-refractivity contribution in [1.82, 2.24) is 14.5 Å². The highest BCUT2D eigenvalue weighted by Gasteiger charge is 2.22. The Morgan fingerprint density at radius 1 is 1.00 bits per heavy atom. The summed E-state index contributed by atoms with van der Waals surface area (Å²) >= 11 is 5.50. The quantitative estimate of drug-likeness (QED) is 0.457. The van der Waals surface area contributed by atoms with Crippen molar-refractivity contribution in [3.8, 4) is 11.5 Å². The van der Waals surface area contributed by atoms with Gasteiger partial charge in [0.15, 0.2) is 16.3 Å². The molecule has 1 aromatic heterocycles. The van der Waals surface area contributed by atoms with E-state index < -0.39 is 0 Å². The molecule has 0 bridgehead atoms. The number of hydrogen-bond donors (Lipinski definition) is 1. The van der Waals surface area contributed by atoms with Crippen LogP contribution in [0.15, 0.2) is 65.5 Å². The summed E-state index contributed by atoms with van der Waals surface area (Å²) in [6.07, 6.45) is 0.836. The molecule has 0 atom stereocenters. The number of aromatic nitrogens is 2. The van der Waals surface area contributed by atoms with E-state index in [0.717, 1.165) is 12.0 Å². The second-order valence-corrected chi connectivity index (χ2v) is 8.90. The number of carbonyl (C=O) groups excluding carboxylic acids is 1. The Balaban J connectivity index is 1.30. The number of carbonyl (C=O) groups is 1. The molecular formula is C26H21N3O4S. The van der Waals surface area contributed by atoms with Crippen LogP contribution in [0.4, 0.5) is 0 Å². The summed E-state index contributed by atoms with van der Waals surface area (Å²) < 4.78 is 12.6. The van der Waals surface area contributed by atoms with Crippen LogP contribution in [0, 0.1) is 4.77 Å². The highest BCUT2D eigenvalue weighted by molar-refractivity contribution is 7.71. The highest BCUT2D eigenvalue weighted by atomic mass is 32.1. The van der Waals surface area contributed by atoms with Crippen LogP contribution >= 0.6 is 12.2 Å². The van der Waals surface area contributed by atoms with Gasteiger partial charge in [0.1, 0.15) is 0 Å². The van der Waals surface area contributed by atoms with Gasteiger partial charge in [0.2, 0.25) is 6.79 Å². The third kappa shape index (κ3) is 3.56. The maximum atomic E-state index is 13.2. The first kappa shape index (κ1) is 20.7. The molecule has 6 rings (SSSR count). The first-order valence-electron chi connectivity index (χ1n) is 11.1. The van der Waals surface area contributed by atoms with Crippen molar-refractivity contribution < 1.29 is 14.3 Å². The van der Waals surface area contributed by atoms with Crippen molar-refractivity contribution >= 4 is 29.0 Å². The van der Waals surface area contributed by atoms with E-state index in [-0.39, 0.29) is 18.3 Å². The van der Waals surface area contributed by atoms with Gasteiger partial charge in [-0.15, -0.1) is 0 Å². The van der Waals surface area contributed by atoms with Crippen molar-refractivity contribution in [2.45, 2.75) is 19.5 Å². The molecule has 0 saturated carbocycles. The lowest BCUT2D eigenvalue weighted by atomic mass is 9.99. The van der Waals surface area contributed by atoms with Gasteiger partial charge < -0.3 is 19.4 Å². The predicted octanol–water partition coefficient (Wildman–Crippen LogP) is 4.03. The smallest absolute Gasteiger partial charge is 0.262 e. The fourth-order valence-electron chi connectivity index (χ4n) is 4.60. The molecule has 3 heterocycles. The molecule has 4 aromatic rings. The van der Waals surface area contributed by atoms with E-state index in [0.29, 0.717) is 52.4 Å². The average molecular weight is 472 g/mol. The van der Waals surface area contributed by atoms with Gasteiger partial charge in [-0.05, 0) is 65.7 Å². The fraction of sp³-hybridized carbons (Fsp3) is 0.192. The van der Waals surface area contributed by atoms with E-state index in [4.69, 9.17) is 21.7 Å². The van der Waals surface area contributed by atoms with Gasteiger partial charge in [0, 0.05) is 18.7 Å². The lowest BCUT2D eigenvalue weighted by molar-refractivity contribution is 0.0735.